The second-order valence-electron chi connectivity index (χ2n) is 7.47. The maximum absolute atomic E-state index is 12.4. The zero-order chi connectivity index (χ0) is 18.1. The summed E-state index contributed by atoms with van der Waals surface area (Å²) in [5, 5.41) is 2.50. The van der Waals surface area contributed by atoms with Crippen LogP contribution in [0.3, 0.4) is 0 Å². The van der Waals surface area contributed by atoms with Crippen LogP contribution in [0.25, 0.3) is 0 Å². The number of carbonyl (C=O) groups is 2. The SMILES string of the molecule is CCN1C(=O)NC(=O)C12CCN(Cc1ccc(C3CCCCO3)s1)CC2. The number of hydrogen-bond acceptors (Lipinski definition) is 5. The van der Waals surface area contributed by atoms with Crippen LogP contribution in [0.4, 0.5) is 4.79 Å². The Morgan fingerprint density at radius 3 is 2.77 bits per heavy atom. The Morgan fingerprint density at radius 1 is 1.27 bits per heavy atom. The van der Waals surface area contributed by atoms with Gasteiger partial charge in [-0.1, -0.05) is 0 Å². The first-order chi connectivity index (χ1) is 12.6. The van der Waals surface area contributed by atoms with Gasteiger partial charge in [0.05, 0.1) is 6.10 Å². The number of carbonyl (C=O) groups excluding carboxylic acids is 2. The Kier molecular flexibility index (Phi) is 5.03. The fourth-order valence-corrected chi connectivity index (χ4v) is 5.60. The lowest BCUT2D eigenvalue weighted by Crippen LogP contribution is -2.56. The van der Waals surface area contributed by atoms with Gasteiger partial charge in [-0.2, -0.15) is 0 Å². The molecular formula is C19H27N3O3S. The molecule has 6 nitrogen and oxygen atoms in total. The first-order valence-electron chi connectivity index (χ1n) is 9.68. The molecule has 142 valence electrons. The molecule has 1 unspecified atom stereocenters. The number of hydrogen-bond donors (Lipinski definition) is 1. The van der Waals surface area contributed by atoms with Crippen molar-refractivity contribution in [1.29, 1.82) is 0 Å². The largest absolute Gasteiger partial charge is 0.373 e. The summed E-state index contributed by atoms with van der Waals surface area (Å²) in [5.41, 5.74) is -0.626. The van der Waals surface area contributed by atoms with Crippen LogP contribution in [-0.4, -0.2) is 53.5 Å². The van der Waals surface area contributed by atoms with Crippen molar-refractivity contribution in [3.8, 4) is 0 Å². The minimum Gasteiger partial charge on any atom is -0.373 e. The van der Waals surface area contributed by atoms with Crippen molar-refractivity contribution in [2.75, 3.05) is 26.2 Å². The molecule has 0 aromatic carbocycles. The number of nitrogens with zero attached hydrogens (tertiary/aromatic N) is 2. The summed E-state index contributed by atoms with van der Waals surface area (Å²) in [6.07, 6.45) is 5.25. The summed E-state index contributed by atoms with van der Waals surface area (Å²) < 4.78 is 5.89. The second-order valence-corrected chi connectivity index (χ2v) is 8.67. The fraction of sp³-hybridized carbons (Fsp3) is 0.684. The standard InChI is InChI=1S/C19H27N3O3S/c1-2-22-18(24)20-17(23)19(22)8-10-21(11-9-19)13-14-6-7-16(26-14)15-5-3-4-12-25-15/h6-7,15H,2-5,8-13H2,1H3,(H,20,23,24). The predicted octanol–water partition coefficient (Wildman–Crippen LogP) is 2.90. The molecule has 4 rings (SSSR count). The lowest BCUT2D eigenvalue weighted by atomic mass is 9.86. The van der Waals surface area contributed by atoms with Crippen molar-refractivity contribution in [2.24, 2.45) is 0 Å². The number of ether oxygens (including phenoxy) is 1. The van der Waals surface area contributed by atoms with E-state index in [1.54, 1.807) is 4.90 Å². The quantitative estimate of drug-likeness (QED) is 0.820. The van der Waals surface area contributed by atoms with Crippen molar-refractivity contribution in [1.82, 2.24) is 15.1 Å². The van der Waals surface area contributed by atoms with E-state index in [0.717, 1.165) is 32.7 Å². The van der Waals surface area contributed by atoms with Crippen LogP contribution >= 0.6 is 11.3 Å². The van der Waals surface area contributed by atoms with Gasteiger partial charge in [-0.3, -0.25) is 15.0 Å². The summed E-state index contributed by atoms with van der Waals surface area (Å²) >= 11 is 1.85. The summed E-state index contributed by atoms with van der Waals surface area (Å²) in [6.45, 7) is 5.98. The molecule has 7 heteroatoms. The summed E-state index contributed by atoms with van der Waals surface area (Å²) in [4.78, 5) is 31.2. The molecule has 1 aromatic rings. The van der Waals surface area contributed by atoms with Gasteiger partial charge in [0, 0.05) is 42.5 Å². The molecule has 1 N–H and O–H groups in total. The molecule has 4 heterocycles. The Hall–Kier alpha value is -1.44. The highest BCUT2D eigenvalue weighted by Gasteiger charge is 2.53. The first kappa shape index (κ1) is 17.9. The van der Waals surface area contributed by atoms with E-state index < -0.39 is 5.54 Å². The van der Waals surface area contributed by atoms with Crippen LogP contribution in [0.15, 0.2) is 12.1 Å². The van der Waals surface area contributed by atoms with E-state index in [0.29, 0.717) is 19.4 Å². The van der Waals surface area contributed by atoms with Gasteiger partial charge in [-0.05, 0) is 51.2 Å². The van der Waals surface area contributed by atoms with Gasteiger partial charge in [0.25, 0.3) is 5.91 Å². The number of imide groups is 1. The van der Waals surface area contributed by atoms with Gasteiger partial charge in [-0.25, -0.2) is 4.79 Å². The molecule has 3 aliphatic heterocycles. The molecule has 1 atom stereocenters. The Labute approximate surface area is 158 Å². The average molecular weight is 378 g/mol. The lowest BCUT2D eigenvalue weighted by Gasteiger charge is -2.41. The third-order valence-corrected chi connectivity index (χ3v) is 7.13. The van der Waals surface area contributed by atoms with E-state index in [4.69, 9.17) is 4.74 Å². The Bertz CT molecular complexity index is 675. The van der Waals surface area contributed by atoms with Crippen molar-refractivity contribution in [3.05, 3.63) is 21.9 Å². The molecule has 3 aliphatic rings. The van der Waals surface area contributed by atoms with Crippen LogP contribution in [0.2, 0.25) is 0 Å². The minimum absolute atomic E-state index is 0.114. The number of nitrogens with one attached hydrogen (secondary N) is 1. The van der Waals surface area contributed by atoms with E-state index in [-0.39, 0.29) is 18.0 Å². The number of urea groups is 1. The molecule has 0 aliphatic carbocycles. The van der Waals surface area contributed by atoms with Crippen LogP contribution in [-0.2, 0) is 16.1 Å². The molecule has 3 amide bonds. The van der Waals surface area contributed by atoms with E-state index in [9.17, 15) is 9.59 Å². The topological polar surface area (TPSA) is 61.9 Å². The number of piperidine rings is 1. The van der Waals surface area contributed by atoms with Gasteiger partial charge in [0.15, 0.2) is 0 Å². The first-order valence-corrected chi connectivity index (χ1v) is 10.5. The highest BCUT2D eigenvalue weighted by atomic mass is 32.1. The van der Waals surface area contributed by atoms with Crippen LogP contribution in [0.1, 0.15) is 54.9 Å². The molecule has 0 radical (unpaired) electrons. The van der Waals surface area contributed by atoms with Gasteiger partial charge < -0.3 is 9.64 Å². The van der Waals surface area contributed by atoms with Crippen molar-refractivity contribution >= 4 is 23.3 Å². The highest BCUT2D eigenvalue weighted by molar-refractivity contribution is 7.12. The number of rotatable bonds is 4. The summed E-state index contributed by atoms with van der Waals surface area (Å²) in [5.74, 6) is -0.114. The smallest absolute Gasteiger partial charge is 0.325 e. The van der Waals surface area contributed by atoms with Crippen LogP contribution in [0, 0.1) is 0 Å². The Balaban J connectivity index is 1.36. The highest BCUT2D eigenvalue weighted by Crippen LogP contribution is 2.36. The van der Waals surface area contributed by atoms with Crippen molar-refractivity contribution in [2.45, 2.75) is 57.2 Å². The minimum atomic E-state index is -0.626. The predicted molar refractivity (Wildman–Crippen MR) is 100 cm³/mol. The third-order valence-electron chi connectivity index (χ3n) is 5.96. The molecule has 1 aromatic heterocycles. The Morgan fingerprint density at radius 2 is 2.08 bits per heavy atom. The van der Waals surface area contributed by atoms with Crippen molar-refractivity contribution < 1.29 is 14.3 Å². The number of likely N-dealkylation sites (N-methyl/N-ethyl adjacent to an activating group) is 1. The molecule has 1 spiro atoms. The van der Waals surface area contributed by atoms with Gasteiger partial charge in [0.2, 0.25) is 0 Å². The monoisotopic (exact) mass is 377 g/mol. The molecule has 3 fully saturated rings. The lowest BCUT2D eigenvalue weighted by molar-refractivity contribution is -0.129. The normalized spacial score (nSPS) is 26.5. The summed E-state index contributed by atoms with van der Waals surface area (Å²) in [6, 6.07) is 4.19. The number of thiophene rings is 1. The maximum Gasteiger partial charge on any atom is 0.325 e. The zero-order valence-corrected chi connectivity index (χ0v) is 16.1. The van der Waals surface area contributed by atoms with E-state index >= 15 is 0 Å². The second kappa shape index (κ2) is 7.29. The van der Waals surface area contributed by atoms with Crippen LogP contribution < -0.4 is 5.32 Å². The number of amides is 3. The maximum atomic E-state index is 12.4. The van der Waals surface area contributed by atoms with Gasteiger partial charge in [-0.15, -0.1) is 11.3 Å². The molecule has 3 saturated heterocycles. The molecule has 0 saturated carbocycles. The zero-order valence-electron chi connectivity index (χ0n) is 15.3. The average Bonchev–Trinajstić information content (AvgIpc) is 3.21. The van der Waals surface area contributed by atoms with Crippen LogP contribution in [0.5, 0.6) is 0 Å². The third kappa shape index (κ3) is 3.17. The van der Waals surface area contributed by atoms with Gasteiger partial charge >= 0.3 is 6.03 Å². The van der Waals surface area contributed by atoms with E-state index in [1.807, 2.05) is 18.3 Å². The molecular weight excluding hydrogens is 350 g/mol. The summed E-state index contributed by atoms with van der Waals surface area (Å²) in [7, 11) is 0. The molecule has 0 bridgehead atoms. The molecule has 26 heavy (non-hydrogen) atoms. The number of likely N-dealkylation sites (tertiary alicyclic amines) is 1. The van der Waals surface area contributed by atoms with Crippen molar-refractivity contribution in [3.63, 3.8) is 0 Å². The van der Waals surface area contributed by atoms with E-state index in [2.05, 4.69) is 22.3 Å². The fourth-order valence-electron chi connectivity index (χ4n) is 4.46. The van der Waals surface area contributed by atoms with Gasteiger partial charge in [0.1, 0.15) is 5.54 Å². The van der Waals surface area contributed by atoms with E-state index in [1.165, 1.54) is 22.6 Å².